The second-order valence-electron chi connectivity index (χ2n) is 5.92. The number of phenols is 1. The normalized spacial score (nSPS) is 18.8. The predicted molar refractivity (Wildman–Crippen MR) is 91.4 cm³/mol. The summed E-state index contributed by atoms with van der Waals surface area (Å²) in [6.45, 7) is -0.0768. The van der Waals surface area contributed by atoms with E-state index in [4.69, 9.17) is 19.3 Å². The van der Waals surface area contributed by atoms with E-state index in [0.29, 0.717) is 23.7 Å². The lowest BCUT2D eigenvalue weighted by Gasteiger charge is -2.33. The van der Waals surface area contributed by atoms with E-state index in [-0.39, 0.29) is 19.0 Å². The van der Waals surface area contributed by atoms with Gasteiger partial charge in [0.2, 0.25) is 0 Å². The van der Waals surface area contributed by atoms with Crippen LogP contribution in [0, 0.1) is 0 Å². The summed E-state index contributed by atoms with van der Waals surface area (Å²) in [6, 6.07) is 10.6. The van der Waals surface area contributed by atoms with Crippen molar-refractivity contribution in [2.24, 2.45) is 0 Å². The van der Waals surface area contributed by atoms with E-state index in [9.17, 15) is 10.2 Å². The highest BCUT2D eigenvalue weighted by Gasteiger charge is 2.33. The summed E-state index contributed by atoms with van der Waals surface area (Å²) in [7, 11) is 1.48. The van der Waals surface area contributed by atoms with Gasteiger partial charge in [0, 0.05) is 12.2 Å². The molecule has 3 N–H and O–H groups in total. The molecule has 3 rings (SSSR count). The first kappa shape index (κ1) is 17.4. The van der Waals surface area contributed by atoms with Crippen molar-refractivity contribution in [3.63, 3.8) is 0 Å². The molecule has 1 heterocycles. The van der Waals surface area contributed by atoms with Crippen LogP contribution in [0.3, 0.4) is 0 Å². The van der Waals surface area contributed by atoms with Gasteiger partial charge in [-0.1, -0.05) is 12.1 Å². The monoisotopic (exact) mass is 346 g/mol. The Balaban J connectivity index is 1.88. The maximum Gasteiger partial charge on any atom is 0.163 e. The van der Waals surface area contributed by atoms with Crippen LogP contribution in [0.25, 0.3) is 0 Å². The molecule has 0 saturated heterocycles. The molecule has 2 unspecified atom stereocenters. The standard InChI is InChI=1S/C19H22O6/c1-23-16-10-13(5-6-14(16)22)19-18(11-21)24-17-9-12(3-2-8-20)4-7-15(17)25-19/h4-7,9-10,18-22H,2-3,8,11H2,1H3. The Bertz CT molecular complexity index is 730. The molecule has 0 aromatic heterocycles. The molecule has 0 aliphatic carbocycles. The summed E-state index contributed by atoms with van der Waals surface area (Å²) in [5.74, 6) is 1.55. The van der Waals surface area contributed by atoms with Crippen LogP contribution in [0.1, 0.15) is 23.7 Å². The summed E-state index contributed by atoms with van der Waals surface area (Å²) in [5.41, 5.74) is 1.78. The first-order valence-electron chi connectivity index (χ1n) is 8.21. The van der Waals surface area contributed by atoms with E-state index in [1.54, 1.807) is 12.1 Å². The maximum absolute atomic E-state index is 9.75. The Labute approximate surface area is 146 Å². The van der Waals surface area contributed by atoms with Crippen LogP contribution in [-0.2, 0) is 6.42 Å². The lowest BCUT2D eigenvalue weighted by Crippen LogP contribution is -2.36. The third kappa shape index (κ3) is 3.65. The third-order valence-electron chi connectivity index (χ3n) is 4.21. The number of phenolic OH excluding ortho intramolecular Hbond substituents is 1. The molecule has 2 atom stereocenters. The van der Waals surface area contributed by atoms with Crippen LogP contribution >= 0.6 is 0 Å². The van der Waals surface area contributed by atoms with Crippen molar-refractivity contribution >= 4 is 0 Å². The van der Waals surface area contributed by atoms with Gasteiger partial charge in [-0.2, -0.15) is 0 Å². The summed E-state index contributed by atoms with van der Waals surface area (Å²) < 4.78 is 17.1. The van der Waals surface area contributed by atoms with Gasteiger partial charge >= 0.3 is 0 Å². The minimum Gasteiger partial charge on any atom is -0.504 e. The SMILES string of the molecule is COc1cc(C2Oc3ccc(CCCO)cc3OC2CO)ccc1O. The van der Waals surface area contributed by atoms with Crippen LogP contribution in [0.15, 0.2) is 36.4 Å². The summed E-state index contributed by atoms with van der Waals surface area (Å²) in [6.07, 6.45) is 0.333. The molecule has 2 aromatic carbocycles. The minimum atomic E-state index is -0.574. The molecule has 0 saturated carbocycles. The van der Waals surface area contributed by atoms with Crippen molar-refractivity contribution in [3.8, 4) is 23.0 Å². The zero-order chi connectivity index (χ0) is 17.8. The fraction of sp³-hybridized carbons (Fsp3) is 0.368. The lowest BCUT2D eigenvalue weighted by molar-refractivity contribution is -0.0124. The molecule has 0 bridgehead atoms. The number of aliphatic hydroxyl groups excluding tert-OH is 2. The van der Waals surface area contributed by atoms with Gasteiger partial charge in [-0.3, -0.25) is 0 Å². The number of rotatable bonds is 6. The molecule has 2 aromatic rings. The molecule has 0 radical (unpaired) electrons. The number of aliphatic hydroxyl groups is 2. The largest absolute Gasteiger partial charge is 0.504 e. The number of aromatic hydroxyl groups is 1. The van der Waals surface area contributed by atoms with Crippen LogP contribution < -0.4 is 14.2 Å². The van der Waals surface area contributed by atoms with E-state index < -0.39 is 12.2 Å². The van der Waals surface area contributed by atoms with Crippen molar-refractivity contribution in [1.82, 2.24) is 0 Å². The zero-order valence-electron chi connectivity index (χ0n) is 14.0. The summed E-state index contributed by atoms with van der Waals surface area (Å²) in [4.78, 5) is 0. The van der Waals surface area contributed by atoms with E-state index in [1.807, 2.05) is 18.2 Å². The van der Waals surface area contributed by atoms with Gasteiger partial charge in [0.25, 0.3) is 0 Å². The summed E-state index contributed by atoms with van der Waals surface area (Å²) >= 11 is 0. The maximum atomic E-state index is 9.75. The van der Waals surface area contributed by atoms with Crippen molar-refractivity contribution in [3.05, 3.63) is 47.5 Å². The average Bonchev–Trinajstić information content (AvgIpc) is 2.65. The van der Waals surface area contributed by atoms with Gasteiger partial charge in [-0.05, 0) is 42.7 Å². The van der Waals surface area contributed by atoms with Crippen LogP contribution in [0.4, 0.5) is 0 Å². The molecule has 134 valence electrons. The molecule has 6 nitrogen and oxygen atoms in total. The van der Waals surface area contributed by atoms with Crippen LogP contribution in [-0.4, -0.2) is 41.7 Å². The second kappa shape index (κ2) is 7.63. The molecular weight excluding hydrogens is 324 g/mol. The second-order valence-corrected chi connectivity index (χ2v) is 5.92. The molecule has 6 heteroatoms. The van der Waals surface area contributed by atoms with Gasteiger partial charge in [0.15, 0.2) is 35.2 Å². The fourth-order valence-electron chi connectivity index (χ4n) is 2.91. The lowest BCUT2D eigenvalue weighted by atomic mass is 10.0. The number of aryl methyl sites for hydroxylation is 1. The van der Waals surface area contributed by atoms with E-state index in [1.165, 1.54) is 13.2 Å². The van der Waals surface area contributed by atoms with Crippen LogP contribution in [0.2, 0.25) is 0 Å². The Morgan fingerprint density at radius 1 is 1.04 bits per heavy atom. The molecule has 1 aliphatic heterocycles. The number of fused-ring (bicyclic) bond motifs is 1. The van der Waals surface area contributed by atoms with Crippen molar-refractivity contribution < 1.29 is 29.5 Å². The number of methoxy groups -OCH3 is 1. The van der Waals surface area contributed by atoms with E-state index >= 15 is 0 Å². The highest BCUT2D eigenvalue weighted by Crippen LogP contribution is 2.41. The quantitative estimate of drug-likeness (QED) is 0.743. The zero-order valence-corrected chi connectivity index (χ0v) is 14.0. The number of hydrogen-bond acceptors (Lipinski definition) is 6. The van der Waals surface area contributed by atoms with Gasteiger partial charge < -0.3 is 29.5 Å². The Kier molecular flexibility index (Phi) is 5.31. The number of benzene rings is 2. The molecule has 25 heavy (non-hydrogen) atoms. The smallest absolute Gasteiger partial charge is 0.163 e. The van der Waals surface area contributed by atoms with Gasteiger partial charge in [-0.25, -0.2) is 0 Å². The molecule has 1 aliphatic rings. The van der Waals surface area contributed by atoms with Gasteiger partial charge in [0.05, 0.1) is 13.7 Å². The average molecular weight is 346 g/mol. The topological polar surface area (TPSA) is 88.4 Å². The highest BCUT2D eigenvalue weighted by molar-refractivity contribution is 5.47. The molecule has 0 spiro atoms. The highest BCUT2D eigenvalue weighted by atomic mass is 16.6. The van der Waals surface area contributed by atoms with Gasteiger partial charge in [0.1, 0.15) is 0 Å². The summed E-state index contributed by atoms with van der Waals surface area (Å²) in [5, 5.41) is 28.4. The van der Waals surface area contributed by atoms with Crippen molar-refractivity contribution in [2.45, 2.75) is 25.0 Å². The Hall–Kier alpha value is -2.44. The Morgan fingerprint density at radius 3 is 2.60 bits per heavy atom. The fourth-order valence-corrected chi connectivity index (χ4v) is 2.91. The molecular formula is C19H22O6. The number of ether oxygens (including phenoxy) is 3. The number of hydrogen-bond donors (Lipinski definition) is 3. The van der Waals surface area contributed by atoms with Crippen molar-refractivity contribution in [2.75, 3.05) is 20.3 Å². The van der Waals surface area contributed by atoms with E-state index in [2.05, 4.69) is 0 Å². The first-order chi connectivity index (χ1) is 12.2. The minimum absolute atomic E-state index is 0.0393. The molecule has 0 amide bonds. The van der Waals surface area contributed by atoms with Crippen molar-refractivity contribution in [1.29, 1.82) is 0 Å². The molecule has 0 fully saturated rings. The third-order valence-corrected chi connectivity index (χ3v) is 4.21. The van der Waals surface area contributed by atoms with E-state index in [0.717, 1.165) is 17.5 Å². The predicted octanol–water partition coefficient (Wildman–Crippen LogP) is 2.20. The Morgan fingerprint density at radius 2 is 1.88 bits per heavy atom. The first-order valence-corrected chi connectivity index (χ1v) is 8.21. The van der Waals surface area contributed by atoms with Gasteiger partial charge in [-0.15, -0.1) is 0 Å². The van der Waals surface area contributed by atoms with Crippen LogP contribution in [0.5, 0.6) is 23.0 Å².